The van der Waals surface area contributed by atoms with Crippen molar-refractivity contribution in [3.8, 4) is 0 Å². The van der Waals surface area contributed by atoms with Gasteiger partial charge < -0.3 is 20.1 Å². The van der Waals surface area contributed by atoms with Gasteiger partial charge in [0.25, 0.3) is 0 Å². The van der Waals surface area contributed by atoms with Crippen LogP contribution in [0.25, 0.3) is 0 Å². The summed E-state index contributed by atoms with van der Waals surface area (Å²) in [4.78, 5) is 34.6. The van der Waals surface area contributed by atoms with Crippen molar-refractivity contribution < 1.29 is 37.6 Å². The molecule has 0 heterocycles. The van der Waals surface area contributed by atoms with Crippen LogP contribution in [0.1, 0.15) is 168 Å². The van der Waals surface area contributed by atoms with Gasteiger partial charge in [0.15, 0.2) is 6.10 Å². The second-order valence-corrected chi connectivity index (χ2v) is 13.9. The van der Waals surface area contributed by atoms with Crippen molar-refractivity contribution >= 4 is 19.8 Å². The largest absolute Gasteiger partial charge is 0.472 e. The van der Waals surface area contributed by atoms with E-state index in [4.69, 9.17) is 24.3 Å². The Bertz CT molecular complexity index is 835. The summed E-state index contributed by atoms with van der Waals surface area (Å²) in [5.74, 6) is -0.858. The minimum atomic E-state index is -4.37. The molecule has 0 saturated heterocycles. The van der Waals surface area contributed by atoms with Crippen LogP contribution < -0.4 is 5.73 Å². The number of hydrogen-bond acceptors (Lipinski definition) is 8. The molecule has 0 rings (SSSR count). The van der Waals surface area contributed by atoms with Crippen molar-refractivity contribution in [2.24, 2.45) is 5.73 Å². The molecule has 0 aromatic rings. The van der Waals surface area contributed by atoms with Gasteiger partial charge in [-0.25, -0.2) is 4.57 Å². The number of hydrogen-bond donors (Lipinski definition) is 2. The van der Waals surface area contributed by atoms with Gasteiger partial charge in [0, 0.05) is 19.4 Å². The van der Waals surface area contributed by atoms with E-state index in [9.17, 15) is 19.0 Å². The highest BCUT2D eigenvalue weighted by Crippen LogP contribution is 2.43. The summed E-state index contributed by atoms with van der Waals surface area (Å²) in [7, 11) is -4.37. The number of unbranched alkanes of at least 4 members (excludes halogenated alkanes) is 18. The molecule has 0 spiro atoms. The van der Waals surface area contributed by atoms with Crippen LogP contribution in [-0.4, -0.2) is 49.3 Å². The number of carbonyl (C=O) groups excluding carboxylic acids is 2. The van der Waals surface area contributed by atoms with Crippen LogP contribution in [0.4, 0.5) is 0 Å². The molecule has 0 radical (unpaired) electrons. The zero-order valence-electron chi connectivity index (χ0n) is 30.0. The minimum absolute atomic E-state index is 0.0508. The third kappa shape index (κ3) is 34.2. The second-order valence-electron chi connectivity index (χ2n) is 12.4. The maximum absolute atomic E-state index is 12.5. The predicted molar refractivity (Wildman–Crippen MR) is 192 cm³/mol. The highest BCUT2D eigenvalue weighted by Gasteiger charge is 2.25. The molecular weight excluding hydrogens is 617 g/mol. The van der Waals surface area contributed by atoms with E-state index in [1.807, 2.05) is 0 Å². The molecule has 1 unspecified atom stereocenters. The molecule has 0 amide bonds. The van der Waals surface area contributed by atoms with Gasteiger partial charge in [-0.15, -0.1) is 0 Å². The van der Waals surface area contributed by atoms with Gasteiger partial charge in [0.2, 0.25) is 0 Å². The second kappa shape index (κ2) is 34.4. The van der Waals surface area contributed by atoms with Crippen LogP contribution in [0, 0.1) is 0 Å². The summed E-state index contributed by atoms with van der Waals surface area (Å²) >= 11 is 0. The number of phosphoric acid groups is 1. The van der Waals surface area contributed by atoms with Crippen molar-refractivity contribution in [1.29, 1.82) is 0 Å². The van der Waals surface area contributed by atoms with Gasteiger partial charge in [-0.05, 0) is 64.2 Å². The first kappa shape index (κ1) is 45.5. The summed E-state index contributed by atoms with van der Waals surface area (Å²) < 4.78 is 32.6. The molecule has 9 nitrogen and oxygen atoms in total. The molecule has 10 heteroatoms. The number of allylic oxidation sites excluding steroid dienone is 4. The summed E-state index contributed by atoms with van der Waals surface area (Å²) in [6.45, 7) is 3.67. The van der Waals surface area contributed by atoms with E-state index < -0.39 is 32.5 Å². The molecule has 47 heavy (non-hydrogen) atoms. The number of rotatable bonds is 35. The van der Waals surface area contributed by atoms with E-state index in [0.717, 1.165) is 57.8 Å². The Kier molecular flexibility index (Phi) is 33.3. The third-order valence-corrected chi connectivity index (χ3v) is 8.79. The van der Waals surface area contributed by atoms with Crippen molar-refractivity contribution in [3.63, 3.8) is 0 Å². The van der Waals surface area contributed by atoms with Gasteiger partial charge in [0.05, 0.1) is 13.2 Å². The smallest absolute Gasteiger partial charge is 0.462 e. The molecule has 3 N–H and O–H groups in total. The standard InChI is InChI=1S/C37H70NO8P/c1-3-5-7-9-11-13-15-17-19-21-23-25-27-29-36(39)43-33-35(34-45-47(41,42)44-32-31-38)46-37(40)30-28-26-24-22-20-18-16-14-12-10-8-6-4-2/h14,16-17,19,35H,3-13,15,18,20-34,38H2,1-2H3,(H,41,42)/b16-14+,19-17+/t35-/m1/s1. The molecule has 0 fully saturated rings. The molecule has 0 aliphatic rings. The summed E-state index contributed by atoms with van der Waals surface area (Å²) in [6, 6.07) is 0. The Labute approximate surface area is 287 Å². The summed E-state index contributed by atoms with van der Waals surface area (Å²) in [5, 5.41) is 0. The van der Waals surface area contributed by atoms with Gasteiger partial charge in [-0.1, -0.05) is 115 Å². The highest BCUT2D eigenvalue weighted by atomic mass is 31.2. The molecule has 0 aromatic heterocycles. The lowest BCUT2D eigenvalue weighted by Crippen LogP contribution is -2.29. The van der Waals surface area contributed by atoms with E-state index in [0.29, 0.717) is 12.8 Å². The molecule has 276 valence electrons. The topological polar surface area (TPSA) is 134 Å². The average Bonchev–Trinajstić information content (AvgIpc) is 3.05. The fourth-order valence-corrected chi connectivity index (χ4v) is 5.74. The van der Waals surface area contributed by atoms with E-state index in [2.05, 4.69) is 38.2 Å². The molecule has 0 aliphatic carbocycles. The summed E-state index contributed by atoms with van der Waals surface area (Å²) in [5.41, 5.74) is 5.32. The molecular formula is C37H70NO8P. The number of carbonyl (C=O) groups is 2. The van der Waals surface area contributed by atoms with Gasteiger partial charge >= 0.3 is 19.8 Å². The lowest BCUT2D eigenvalue weighted by molar-refractivity contribution is -0.161. The Morgan fingerprint density at radius 2 is 1.04 bits per heavy atom. The number of esters is 2. The van der Waals surface area contributed by atoms with Gasteiger partial charge in [-0.3, -0.25) is 18.6 Å². The quantitative estimate of drug-likeness (QED) is 0.0289. The number of ether oxygens (including phenoxy) is 2. The maximum atomic E-state index is 12.5. The molecule has 0 saturated carbocycles. The Morgan fingerprint density at radius 3 is 1.55 bits per heavy atom. The van der Waals surface area contributed by atoms with E-state index >= 15 is 0 Å². The van der Waals surface area contributed by atoms with Crippen LogP contribution in [0.15, 0.2) is 24.3 Å². The van der Waals surface area contributed by atoms with Crippen LogP contribution in [0.3, 0.4) is 0 Å². The van der Waals surface area contributed by atoms with Crippen molar-refractivity contribution in [1.82, 2.24) is 0 Å². The van der Waals surface area contributed by atoms with E-state index in [1.54, 1.807) is 0 Å². The van der Waals surface area contributed by atoms with Crippen molar-refractivity contribution in [2.75, 3.05) is 26.4 Å². The average molecular weight is 688 g/mol. The number of phosphoric ester groups is 1. The lowest BCUT2D eigenvalue weighted by Gasteiger charge is -2.19. The Balaban J connectivity index is 4.27. The zero-order chi connectivity index (χ0) is 34.7. The first-order valence-corrected chi connectivity index (χ1v) is 20.3. The predicted octanol–water partition coefficient (Wildman–Crippen LogP) is 10.0. The maximum Gasteiger partial charge on any atom is 0.472 e. The van der Waals surface area contributed by atoms with Gasteiger partial charge in [-0.2, -0.15) is 0 Å². The third-order valence-electron chi connectivity index (χ3n) is 7.81. The highest BCUT2D eigenvalue weighted by molar-refractivity contribution is 7.47. The molecule has 0 aliphatic heterocycles. The van der Waals surface area contributed by atoms with Crippen LogP contribution in [0.5, 0.6) is 0 Å². The van der Waals surface area contributed by atoms with Crippen LogP contribution in [-0.2, 0) is 32.7 Å². The van der Waals surface area contributed by atoms with Crippen molar-refractivity contribution in [3.05, 3.63) is 24.3 Å². The molecule has 0 aromatic carbocycles. The molecule has 2 atom stereocenters. The Morgan fingerprint density at radius 1 is 0.617 bits per heavy atom. The first-order valence-electron chi connectivity index (χ1n) is 18.8. The SMILES string of the molecule is CCCCCC/C=C/CCCCCCCC(=O)O[C@H](COC(=O)CCCCC/C=C/CCCCCCCC)COP(=O)(O)OCCN. The lowest BCUT2D eigenvalue weighted by atomic mass is 10.1. The normalized spacial score (nSPS) is 13.7. The fraction of sp³-hybridized carbons (Fsp3) is 0.838. The van der Waals surface area contributed by atoms with E-state index in [1.165, 1.54) is 70.6 Å². The van der Waals surface area contributed by atoms with Gasteiger partial charge in [0.1, 0.15) is 6.61 Å². The zero-order valence-corrected chi connectivity index (χ0v) is 30.9. The Hall–Kier alpha value is -1.51. The van der Waals surface area contributed by atoms with E-state index in [-0.39, 0.29) is 32.6 Å². The van der Waals surface area contributed by atoms with Crippen molar-refractivity contribution in [2.45, 2.75) is 174 Å². The molecule has 0 bridgehead atoms. The van der Waals surface area contributed by atoms with Crippen LogP contribution in [0.2, 0.25) is 0 Å². The monoisotopic (exact) mass is 687 g/mol. The van der Waals surface area contributed by atoms with Crippen LogP contribution >= 0.6 is 7.82 Å². The fourth-order valence-electron chi connectivity index (χ4n) is 4.97. The minimum Gasteiger partial charge on any atom is -0.462 e. The number of nitrogens with two attached hydrogens (primary N) is 1. The first-order chi connectivity index (χ1) is 22.8. The summed E-state index contributed by atoms with van der Waals surface area (Å²) in [6.07, 6.45) is 33.5.